The van der Waals surface area contributed by atoms with E-state index in [0.29, 0.717) is 29.2 Å². The van der Waals surface area contributed by atoms with Crippen LogP contribution in [0.2, 0.25) is 0 Å². The summed E-state index contributed by atoms with van der Waals surface area (Å²) in [6, 6.07) is 0. The molecule has 0 aliphatic carbocycles. The van der Waals surface area contributed by atoms with Crippen molar-refractivity contribution < 1.29 is 34.5 Å². The Morgan fingerprint density at radius 3 is 2.52 bits per heavy atom. The molecule has 12 heteroatoms. The number of anilines is 2. The molecule has 160 valence electrons. The maximum Gasteiger partial charge on any atom is 0.433 e. The van der Waals surface area contributed by atoms with Crippen molar-refractivity contribution in [3.8, 4) is 0 Å². The van der Waals surface area contributed by atoms with Crippen molar-refractivity contribution in [2.45, 2.75) is 12.8 Å². The average Bonchev–Trinajstić information content (AvgIpc) is 2.69. The summed E-state index contributed by atoms with van der Waals surface area (Å²) in [7, 11) is 2.90. The van der Waals surface area contributed by atoms with E-state index in [4.69, 9.17) is 9.47 Å². The first-order valence-electron chi connectivity index (χ1n) is 8.91. The van der Waals surface area contributed by atoms with E-state index in [9.17, 15) is 25.0 Å². The van der Waals surface area contributed by atoms with Gasteiger partial charge in [0, 0.05) is 39.3 Å². The molecule has 0 aromatic carbocycles. The topological polar surface area (TPSA) is 150 Å². The second-order valence-electron chi connectivity index (χ2n) is 6.12. The molecule has 2 rings (SSSR count). The lowest BCUT2D eigenvalue weighted by Crippen LogP contribution is -2.41. The SMILES string of the molecule is COCCc1c(N2CC=CCC2)nc(N(CCOC)C(=O)O)n(O)c1=NC(=O)O. The second kappa shape index (κ2) is 10.4. The van der Waals surface area contributed by atoms with Crippen LogP contribution in [0.25, 0.3) is 0 Å². The van der Waals surface area contributed by atoms with Crippen LogP contribution in [-0.4, -0.2) is 84.4 Å². The summed E-state index contributed by atoms with van der Waals surface area (Å²) in [6.45, 7) is 1.25. The van der Waals surface area contributed by atoms with Crippen LogP contribution < -0.4 is 15.3 Å². The fraction of sp³-hybridized carbons (Fsp3) is 0.529. The number of rotatable bonds is 8. The highest BCUT2D eigenvalue weighted by atomic mass is 16.5. The van der Waals surface area contributed by atoms with Crippen LogP contribution in [-0.2, 0) is 15.9 Å². The summed E-state index contributed by atoms with van der Waals surface area (Å²) >= 11 is 0. The van der Waals surface area contributed by atoms with Crippen LogP contribution in [0.4, 0.5) is 21.4 Å². The summed E-state index contributed by atoms with van der Waals surface area (Å²) in [5.74, 6) is -0.0318. The monoisotopic (exact) mass is 411 g/mol. The highest BCUT2D eigenvalue weighted by Gasteiger charge is 2.26. The van der Waals surface area contributed by atoms with Gasteiger partial charge in [-0.25, -0.2) is 14.5 Å². The summed E-state index contributed by atoms with van der Waals surface area (Å²) in [5, 5.41) is 29.4. The van der Waals surface area contributed by atoms with Gasteiger partial charge in [0.15, 0.2) is 5.49 Å². The maximum atomic E-state index is 11.8. The third kappa shape index (κ3) is 5.45. The molecule has 1 aliphatic heterocycles. The molecule has 29 heavy (non-hydrogen) atoms. The van der Waals surface area contributed by atoms with Gasteiger partial charge in [-0.1, -0.05) is 12.2 Å². The van der Waals surface area contributed by atoms with Gasteiger partial charge >= 0.3 is 12.2 Å². The molecule has 0 saturated heterocycles. The Bertz CT molecular complexity index is 836. The fourth-order valence-corrected chi connectivity index (χ4v) is 2.90. The lowest BCUT2D eigenvalue weighted by Gasteiger charge is -2.29. The number of hydrogen-bond acceptors (Lipinski definition) is 7. The number of nitrogens with zero attached hydrogens (tertiary/aromatic N) is 5. The van der Waals surface area contributed by atoms with Crippen molar-refractivity contribution >= 4 is 24.0 Å². The predicted octanol–water partition coefficient (Wildman–Crippen LogP) is 0.785. The Balaban J connectivity index is 2.75. The molecular formula is C17H25N5O7. The first kappa shape index (κ1) is 22.2. The minimum atomic E-state index is -1.54. The first-order chi connectivity index (χ1) is 13.9. The molecule has 12 nitrogen and oxygen atoms in total. The number of hydrogen-bond donors (Lipinski definition) is 3. The first-order valence-corrected chi connectivity index (χ1v) is 8.91. The lowest BCUT2D eigenvalue weighted by molar-refractivity contribution is 0.156. The Labute approximate surface area is 166 Å². The zero-order valence-electron chi connectivity index (χ0n) is 16.3. The number of methoxy groups -OCH3 is 2. The molecule has 2 amide bonds. The van der Waals surface area contributed by atoms with E-state index in [1.54, 1.807) is 0 Å². The van der Waals surface area contributed by atoms with Crippen LogP contribution in [0.5, 0.6) is 0 Å². The summed E-state index contributed by atoms with van der Waals surface area (Å²) < 4.78 is 10.4. The number of aromatic nitrogens is 2. The van der Waals surface area contributed by atoms with Crippen LogP contribution in [0.3, 0.4) is 0 Å². The minimum Gasteiger partial charge on any atom is -0.465 e. The normalized spacial score (nSPS) is 14.3. The molecular weight excluding hydrogens is 386 g/mol. The van der Waals surface area contributed by atoms with Crippen LogP contribution >= 0.6 is 0 Å². The molecule has 0 saturated carbocycles. The summed E-state index contributed by atoms with van der Waals surface area (Å²) in [5.41, 5.74) is 0.0284. The molecule has 0 atom stereocenters. The van der Waals surface area contributed by atoms with Crippen molar-refractivity contribution in [1.82, 2.24) is 9.71 Å². The van der Waals surface area contributed by atoms with E-state index in [1.165, 1.54) is 14.2 Å². The van der Waals surface area contributed by atoms with Gasteiger partial charge in [-0.2, -0.15) is 9.98 Å². The van der Waals surface area contributed by atoms with Gasteiger partial charge < -0.3 is 29.8 Å². The van der Waals surface area contributed by atoms with E-state index in [1.807, 2.05) is 17.1 Å². The Kier molecular flexibility index (Phi) is 7.98. The third-order valence-corrected chi connectivity index (χ3v) is 4.24. The smallest absolute Gasteiger partial charge is 0.433 e. The van der Waals surface area contributed by atoms with Gasteiger partial charge in [0.05, 0.1) is 19.8 Å². The molecule has 2 heterocycles. The fourth-order valence-electron chi connectivity index (χ4n) is 2.90. The Morgan fingerprint density at radius 2 is 1.97 bits per heavy atom. The van der Waals surface area contributed by atoms with E-state index < -0.39 is 12.2 Å². The van der Waals surface area contributed by atoms with E-state index in [-0.39, 0.29) is 37.6 Å². The molecule has 1 aliphatic rings. The molecule has 0 fully saturated rings. The largest absolute Gasteiger partial charge is 0.465 e. The highest BCUT2D eigenvalue weighted by molar-refractivity contribution is 5.84. The highest BCUT2D eigenvalue weighted by Crippen LogP contribution is 2.22. The van der Waals surface area contributed by atoms with Gasteiger partial charge in [-0.3, -0.25) is 0 Å². The van der Waals surface area contributed by atoms with Crippen molar-refractivity contribution in [3.63, 3.8) is 0 Å². The second-order valence-corrected chi connectivity index (χ2v) is 6.12. The van der Waals surface area contributed by atoms with E-state index in [0.717, 1.165) is 11.3 Å². The number of carboxylic acid groups (broad SMARTS) is 2. The standard InChI is InChI=1S/C17H25N5O7/c1-28-10-6-12-13(20-7-4-3-5-8-20)18-15(21(17(25)26)9-11-29-2)22(27)14(12)19-16(23)24/h3-4,27H,5-11H2,1-2H3,(H,23,24)(H,25,26). The predicted molar refractivity (Wildman–Crippen MR) is 102 cm³/mol. The number of amides is 2. The van der Waals surface area contributed by atoms with E-state index >= 15 is 0 Å². The minimum absolute atomic E-state index is 0.0482. The van der Waals surface area contributed by atoms with Gasteiger partial charge in [-0.15, -0.1) is 4.73 Å². The molecule has 0 unspecified atom stereocenters. The molecule has 0 spiro atoms. The van der Waals surface area contributed by atoms with Gasteiger partial charge in [0.1, 0.15) is 5.82 Å². The zero-order valence-corrected chi connectivity index (χ0v) is 16.3. The molecule has 1 aromatic heterocycles. The maximum absolute atomic E-state index is 11.8. The average molecular weight is 411 g/mol. The van der Waals surface area contributed by atoms with Crippen molar-refractivity contribution in [2.75, 3.05) is 56.9 Å². The molecule has 3 N–H and O–H groups in total. The zero-order chi connectivity index (χ0) is 21.4. The van der Waals surface area contributed by atoms with Gasteiger partial charge in [0.25, 0.3) is 5.95 Å². The van der Waals surface area contributed by atoms with Crippen molar-refractivity contribution in [2.24, 2.45) is 4.99 Å². The van der Waals surface area contributed by atoms with Crippen LogP contribution in [0.1, 0.15) is 12.0 Å². The lowest BCUT2D eigenvalue weighted by atomic mass is 10.1. The molecule has 0 bridgehead atoms. The third-order valence-electron chi connectivity index (χ3n) is 4.24. The Morgan fingerprint density at radius 1 is 1.24 bits per heavy atom. The number of ether oxygens (including phenoxy) is 2. The molecule has 0 radical (unpaired) electrons. The summed E-state index contributed by atoms with van der Waals surface area (Å²) in [4.78, 5) is 33.6. The van der Waals surface area contributed by atoms with E-state index in [2.05, 4.69) is 9.98 Å². The summed E-state index contributed by atoms with van der Waals surface area (Å²) in [6.07, 6.45) is 1.98. The van der Waals surface area contributed by atoms with Crippen molar-refractivity contribution in [3.05, 3.63) is 23.2 Å². The van der Waals surface area contributed by atoms with Crippen LogP contribution in [0.15, 0.2) is 17.1 Å². The number of carbonyl (C=O) groups is 2. The molecule has 1 aromatic rings. The quantitative estimate of drug-likeness (QED) is 0.416. The van der Waals surface area contributed by atoms with Crippen molar-refractivity contribution in [1.29, 1.82) is 0 Å². The Hall–Kier alpha value is -3.12. The van der Waals surface area contributed by atoms with Gasteiger partial charge in [0.2, 0.25) is 0 Å². The van der Waals surface area contributed by atoms with Gasteiger partial charge in [-0.05, 0) is 6.42 Å². The van der Waals surface area contributed by atoms with Crippen LogP contribution in [0, 0.1) is 0 Å².